The van der Waals surface area contributed by atoms with E-state index < -0.39 is 0 Å². The van der Waals surface area contributed by atoms with Gasteiger partial charge in [0.15, 0.2) is 0 Å². The van der Waals surface area contributed by atoms with Gasteiger partial charge in [0.25, 0.3) is 0 Å². The van der Waals surface area contributed by atoms with Crippen LogP contribution in [-0.2, 0) is 0 Å². The second-order valence-corrected chi connectivity index (χ2v) is 4.63. The summed E-state index contributed by atoms with van der Waals surface area (Å²) in [5.41, 5.74) is 1.30. The summed E-state index contributed by atoms with van der Waals surface area (Å²) in [6, 6.07) is 9.25. The Morgan fingerprint density at radius 1 is 1.33 bits per heavy atom. The minimum atomic E-state index is 0.426. The molecule has 0 aliphatic carbocycles. The van der Waals surface area contributed by atoms with E-state index in [-0.39, 0.29) is 0 Å². The van der Waals surface area contributed by atoms with Crippen molar-refractivity contribution in [2.24, 2.45) is 5.92 Å². The van der Waals surface area contributed by atoms with Gasteiger partial charge in [-0.05, 0) is 6.07 Å². The molecular weight excluding hydrogens is 186 g/mol. The maximum absolute atomic E-state index is 5.71. The van der Waals surface area contributed by atoms with Gasteiger partial charge >= 0.3 is 0 Å². The van der Waals surface area contributed by atoms with Crippen molar-refractivity contribution in [1.82, 2.24) is 5.32 Å². The summed E-state index contributed by atoms with van der Waals surface area (Å²) >= 11 is 0. The Hall–Kier alpha value is -1.02. The average molecular weight is 205 g/mol. The average Bonchev–Trinajstić information content (AvgIpc) is 2.22. The standard InChI is InChI=1S/C13H19NO/c1-9(2)14-13-10(3)8-15-12-7-5-4-6-11(12)13/h4-7,9-10,13-14H,8H2,1-3H3. The van der Waals surface area contributed by atoms with Crippen LogP contribution in [0.15, 0.2) is 24.3 Å². The zero-order chi connectivity index (χ0) is 10.8. The van der Waals surface area contributed by atoms with Gasteiger partial charge in [0.2, 0.25) is 0 Å². The van der Waals surface area contributed by atoms with Crippen molar-refractivity contribution in [2.75, 3.05) is 6.61 Å². The number of nitrogens with one attached hydrogen (secondary N) is 1. The molecule has 2 atom stereocenters. The van der Waals surface area contributed by atoms with Crippen molar-refractivity contribution in [2.45, 2.75) is 32.9 Å². The lowest BCUT2D eigenvalue weighted by Crippen LogP contribution is -2.37. The van der Waals surface area contributed by atoms with Crippen LogP contribution in [0, 0.1) is 5.92 Å². The molecule has 82 valence electrons. The van der Waals surface area contributed by atoms with Gasteiger partial charge in [-0.15, -0.1) is 0 Å². The van der Waals surface area contributed by atoms with E-state index in [2.05, 4.69) is 44.3 Å². The normalized spacial score (nSPS) is 24.8. The third kappa shape index (κ3) is 2.15. The molecule has 1 heterocycles. The summed E-state index contributed by atoms with van der Waals surface area (Å²) in [6.07, 6.45) is 0. The van der Waals surface area contributed by atoms with Crippen molar-refractivity contribution in [3.8, 4) is 5.75 Å². The molecule has 2 unspecified atom stereocenters. The summed E-state index contributed by atoms with van der Waals surface area (Å²) in [6.45, 7) is 7.41. The molecule has 0 spiro atoms. The molecule has 1 aromatic carbocycles. The number of hydrogen-bond donors (Lipinski definition) is 1. The highest BCUT2D eigenvalue weighted by molar-refractivity contribution is 5.37. The molecule has 2 nitrogen and oxygen atoms in total. The number of para-hydroxylation sites is 1. The van der Waals surface area contributed by atoms with Gasteiger partial charge in [-0.1, -0.05) is 39.0 Å². The Labute approximate surface area is 91.6 Å². The van der Waals surface area contributed by atoms with Crippen LogP contribution in [0.1, 0.15) is 32.4 Å². The first kappa shape index (κ1) is 10.5. The van der Waals surface area contributed by atoms with E-state index in [1.165, 1.54) is 5.56 Å². The number of ether oxygens (including phenoxy) is 1. The molecule has 2 heteroatoms. The minimum Gasteiger partial charge on any atom is -0.493 e. The lowest BCUT2D eigenvalue weighted by molar-refractivity contribution is 0.183. The summed E-state index contributed by atoms with van der Waals surface area (Å²) in [7, 11) is 0. The first-order valence-electron chi connectivity index (χ1n) is 5.66. The molecule has 0 bridgehead atoms. The molecule has 0 fully saturated rings. The minimum absolute atomic E-state index is 0.426. The summed E-state index contributed by atoms with van der Waals surface area (Å²) in [5, 5.41) is 3.61. The van der Waals surface area contributed by atoms with Crippen LogP contribution in [0.25, 0.3) is 0 Å². The van der Waals surface area contributed by atoms with Crippen molar-refractivity contribution < 1.29 is 4.74 Å². The Kier molecular flexibility index (Phi) is 2.96. The van der Waals surface area contributed by atoms with Crippen LogP contribution in [0.3, 0.4) is 0 Å². The molecule has 0 saturated heterocycles. The number of hydrogen-bond acceptors (Lipinski definition) is 2. The largest absolute Gasteiger partial charge is 0.493 e. The van der Waals surface area contributed by atoms with Crippen LogP contribution in [0.2, 0.25) is 0 Å². The molecule has 0 amide bonds. The van der Waals surface area contributed by atoms with E-state index in [4.69, 9.17) is 4.74 Å². The van der Waals surface area contributed by atoms with Crippen molar-refractivity contribution in [3.05, 3.63) is 29.8 Å². The fourth-order valence-electron chi connectivity index (χ4n) is 2.11. The number of rotatable bonds is 2. The van der Waals surface area contributed by atoms with Crippen LogP contribution < -0.4 is 10.1 Å². The van der Waals surface area contributed by atoms with Crippen molar-refractivity contribution in [3.63, 3.8) is 0 Å². The van der Waals surface area contributed by atoms with Gasteiger partial charge < -0.3 is 10.1 Å². The monoisotopic (exact) mass is 205 g/mol. The highest BCUT2D eigenvalue weighted by atomic mass is 16.5. The fourth-order valence-corrected chi connectivity index (χ4v) is 2.11. The SMILES string of the molecule is CC(C)NC1c2ccccc2OCC1C. The second-order valence-electron chi connectivity index (χ2n) is 4.63. The second kappa shape index (κ2) is 4.23. The predicted molar refractivity (Wildman–Crippen MR) is 62.1 cm³/mol. The van der Waals surface area contributed by atoms with E-state index in [0.29, 0.717) is 18.0 Å². The third-order valence-electron chi connectivity index (χ3n) is 2.84. The van der Waals surface area contributed by atoms with E-state index in [1.807, 2.05) is 6.07 Å². The first-order chi connectivity index (χ1) is 7.18. The van der Waals surface area contributed by atoms with Gasteiger partial charge in [0, 0.05) is 23.6 Å². The van der Waals surface area contributed by atoms with Crippen LogP contribution >= 0.6 is 0 Å². The molecule has 0 aromatic heterocycles. The lowest BCUT2D eigenvalue weighted by Gasteiger charge is -2.33. The quantitative estimate of drug-likeness (QED) is 0.801. The number of fused-ring (bicyclic) bond motifs is 1. The topological polar surface area (TPSA) is 21.3 Å². The summed E-state index contributed by atoms with van der Waals surface area (Å²) in [4.78, 5) is 0. The van der Waals surface area contributed by atoms with Crippen LogP contribution in [0.4, 0.5) is 0 Å². The first-order valence-corrected chi connectivity index (χ1v) is 5.66. The van der Waals surface area contributed by atoms with Crippen molar-refractivity contribution in [1.29, 1.82) is 0 Å². The fraction of sp³-hybridized carbons (Fsp3) is 0.538. The van der Waals surface area contributed by atoms with E-state index in [0.717, 1.165) is 12.4 Å². The summed E-state index contributed by atoms with van der Waals surface area (Å²) < 4.78 is 5.71. The molecule has 2 rings (SSSR count). The Bertz CT molecular complexity index is 335. The highest BCUT2D eigenvalue weighted by Gasteiger charge is 2.27. The van der Waals surface area contributed by atoms with Gasteiger partial charge in [-0.2, -0.15) is 0 Å². The molecule has 0 radical (unpaired) electrons. The molecule has 1 N–H and O–H groups in total. The summed E-state index contributed by atoms with van der Waals surface area (Å²) in [5.74, 6) is 1.57. The predicted octanol–water partition coefficient (Wildman–Crippen LogP) is 2.75. The Balaban J connectivity index is 2.28. The van der Waals surface area contributed by atoms with Gasteiger partial charge in [-0.25, -0.2) is 0 Å². The Morgan fingerprint density at radius 2 is 2.07 bits per heavy atom. The Morgan fingerprint density at radius 3 is 2.80 bits per heavy atom. The van der Waals surface area contributed by atoms with Gasteiger partial charge in [-0.3, -0.25) is 0 Å². The van der Waals surface area contributed by atoms with Gasteiger partial charge in [0.1, 0.15) is 5.75 Å². The molecule has 1 aliphatic heterocycles. The smallest absolute Gasteiger partial charge is 0.124 e. The van der Waals surface area contributed by atoms with E-state index in [9.17, 15) is 0 Å². The van der Waals surface area contributed by atoms with Crippen molar-refractivity contribution >= 4 is 0 Å². The van der Waals surface area contributed by atoms with Crippen LogP contribution in [-0.4, -0.2) is 12.6 Å². The molecule has 15 heavy (non-hydrogen) atoms. The highest BCUT2D eigenvalue weighted by Crippen LogP contribution is 2.35. The zero-order valence-electron chi connectivity index (χ0n) is 9.66. The molecule has 1 aromatic rings. The maximum Gasteiger partial charge on any atom is 0.124 e. The van der Waals surface area contributed by atoms with E-state index in [1.54, 1.807) is 0 Å². The lowest BCUT2D eigenvalue weighted by atomic mass is 9.91. The third-order valence-corrected chi connectivity index (χ3v) is 2.84. The zero-order valence-corrected chi connectivity index (χ0v) is 9.66. The molecule has 1 aliphatic rings. The number of benzene rings is 1. The van der Waals surface area contributed by atoms with E-state index >= 15 is 0 Å². The molecular formula is C13H19NO. The van der Waals surface area contributed by atoms with Crippen LogP contribution in [0.5, 0.6) is 5.75 Å². The molecule has 0 saturated carbocycles. The van der Waals surface area contributed by atoms with Gasteiger partial charge in [0.05, 0.1) is 6.61 Å². The maximum atomic E-state index is 5.71.